The number of rotatable bonds is 6. The molecule has 0 saturated heterocycles. The van der Waals surface area contributed by atoms with Gasteiger partial charge in [0, 0.05) is 9.75 Å². The van der Waals surface area contributed by atoms with Crippen LogP contribution in [0.15, 0.2) is 18.2 Å². The molecule has 2 amide bonds. The van der Waals surface area contributed by atoms with Crippen LogP contribution >= 0.6 is 22.7 Å². The largest absolute Gasteiger partial charge is 0.465 e. The zero-order chi connectivity index (χ0) is 25.2. The maximum absolute atomic E-state index is 12.9. The molecule has 0 atom stereocenters. The molecule has 2 N–H and O–H groups in total. The Bertz CT molecular complexity index is 1210. The Morgan fingerprint density at radius 1 is 0.735 bits per heavy atom. The van der Waals surface area contributed by atoms with Gasteiger partial charge in [0.1, 0.15) is 21.4 Å². The van der Waals surface area contributed by atoms with E-state index in [9.17, 15) is 19.2 Å². The lowest BCUT2D eigenvalue weighted by atomic mass is 10.1. The Morgan fingerprint density at radius 3 is 1.47 bits per heavy atom. The van der Waals surface area contributed by atoms with E-state index in [4.69, 9.17) is 9.47 Å². The van der Waals surface area contributed by atoms with Crippen molar-refractivity contribution in [2.24, 2.45) is 0 Å². The van der Waals surface area contributed by atoms with E-state index in [1.165, 1.54) is 55.1 Å². The van der Waals surface area contributed by atoms with Crippen molar-refractivity contribution in [3.8, 4) is 0 Å². The summed E-state index contributed by atoms with van der Waals surface area (Å²) in [6.07, 6.45) is 0. The fourth-order valence-corrected chi connectivity index (χ4v) is 5.23. The Hall–Kier alpha value is -3.57. The van der Waals surface area contributed by atoms with Crippen LogP contribution in [0.2, 0.25) is 0 Å². The maximum atomic E-state index is 12.9. The molecule has 0 spiro atoms. The summed E-state index contributed by atoms with van der Waals surface area (Å²) in [5.74, 6) is -2.28. The smallest absolute Gasteiger partial charge is 0.341 e. The molecule has 0 unspecified atom stereocenters. The average molecular weight is 502 g/mol. The first kappa shape index (κ1) is 25.1. The zero-order valence-electron chi connectivity index (χ0n) is 19.4. The van der Waals surface area contributed by atoms with Gasteiger partial charge in [0.2, 0.25) is 0 Å². The second kappa shape index (κ2) is 10.1. The number of esters is 2. The van der Waals surface area contributed by atoms with Crippen LogP contribution in [0.4, 0.5) is 10.0 Å². The monoisotopic (exact) mass is 501 g/mol. The van der Waals surface area contributed by atoms with Crippen molar-refractivity contribution in [1.29, 1.82) is 0 Å². The Morgan fingerprint density at radius 2 is 1.12 bits per heavy atom. The quantitative estimate of drug-likeness (QED) is 0.476. The van der Waals surface area contributed by atoms with Crippen molar-refractivity contribution in [3.63, 3.8) is 0 Å². The van der Waals surface area contributed by atoms with Crippen LogP contribution < -0.4 is 10.6 Å². The number of aryl methyl sites for hydroxylation is 2. The highest BCUT2D eigenvalue weighted by Gasteiger charge is 2.24. The zero-order valence-corrected chi connectivity index (χ0v) is 21.1. The lowest BCUT2D eigenvalue weighted by Crippen LogP contribution is -2.19. The number of ether oxygens (including phenoxy) is 2. The first-order chi connectivity index (χ1) is 16.1. The van der Waals surface area contributed by atoms with Crippen LogP contribution in [0, 0.1) is 27.7 Å². The van der Waals surface area contributed by atoms with E-state index in [0.29, 0.717) is 10.0 Å². The molecule has 0 aromatic carbocycles. The molecule has 0 aliphatic rings. The molecule has 0 bridgehead atoms. The van der Waals surface area contributed by atoms with Crippen molar-refractivity contribution in [1.82, 2.24) is 4.98 Å². The summed E-state index contributed by atoms with van der Waals surface area (Å²) in [6.45, 7) is 7.21. The molecule has 3 heterocycles. The van der Waals surface area contributed by atoms with Gasteiger partial charge in [-0.1, -0.05) is 6.07 Å². The molecule has 0 radical (unpaired) electrons. The Balaban J connectivity index is 1.85. The van der Waals surface area contributed by atoms with Gasteiger partial charge in [0.05, 0.1) is 25.3 Å². The number of amides is 2. The number of nitrogens with zero attached hydrogens (tertiary/aromatic N) is 1. The molecule has 178 valence electrons. The van der Waals surface area contributed by atoms with Crippen LogP contribution in [0.1, 0.15) is 62.6 Å². The predicted octanol–water partition coefficient (Wildman–Crippen LogP) is 4.52. The highest BCUT2D eigenvalue weighted by Crippen LogP contribution is 2.34. The van der Waals surface area contributed by atoms with E-state index >= 15 is 0 Å². The SMILES string of the molecule is COC(=O)c1c(NC(=O)c2cccc(C(=O)Nc3sc(C)c(C)c3C(=O)OC)n2)sc(C)c1C. The third-order valence-corrected chi connectivity index (χ3v) is 7.46. The summed E-state index contributed by atoms with van der Waals surface area (Å²) in [5, 5.41) is 6.06. The first-order valence-electron chi connectivity index (χ1n) is 10.0. The van der Waals surface area contributed by atoms with Gasteiger partial charge in [0.25, 0.3) is 11.8 Å². The van der Waals surface area contributed by atoms with E-state index in [2.05, 4.69) is 15.6 Å². The van der Waals surface area contributed by atoms with Crippen molar-refractivity contribution >= 4 is 56.4 Å². The minimum absolute atomic E-state index is 0.0149. The number of hydrogen-bond donors (Lipinski definition) is 2. The van der Waals surface area contributed by atoms with Gasteiger partial charge in [-0.15, -0.1) is 22.7 Å². The minimum Gasteiger partial charge on any atom is -0.465 e. The molecule has 0 saturated carbocycles. The highest BCUT2D eigenvalue weighted by atomic mass is 32.1. The van der Waals surface area contributed by atoms with Gasteiger partial charge < -0.3 is 20.1 Å². The van der Waals surface area contributed by atoms with Gasteiger partial charge in [0.15, 0.2) is 0 Å². The molecule has 3 aromatic rings. The molecule has 0 fully saturated rings. The predicted molar refractivity (Wildman–Crippen MR) is 130 cm³/mol. The second-order valence-electron chi connectivity index (χ2n) is 7.27. The third kappa shape index (κ3) is 4.85. The van der Waals surface area contributed by atoms with Gasteiger partial charge in [-0.25, -0.2) is 14.6 Å². The Labute approximate surface area is 204 Å². The summed E-state index contributed by atoms with van der Waals surface area (Å²) in [4.78, 5) is 55.9. The summed E-state index contributed by atoms with van der Waals surface area (Å²) in [5.41, 5.74) is 1.97. The number of nitrogens with one attached hydrogen (secondary N) is 2. The Kier molecular flexibility index (Phi) is 7.48. The molecule has 34 heavy (non-hydrogen) atoms. The van der Waals surface area contributed by atoms with Crippen LogP contribution in [0.3, 0.4) is 0 Å². The first-order valence-corrected chi connectivity index (χ1v) is 11.7. The lowest BCUT2D eigenvalue weighted by molar-refractivity contribution is 0.0592. The molecule has 11 heteroatoms. The van der Waals surface area contributed by atoms with Gasteiger partial charge in [-0.2, -0.15) is 0 Å². The average Bonchev–Trinajstić information content (AvgIpc) is 3.26. The van der Waals surface area contributed by atoms with Crippen LogP contribution in [-0.2, 0) is 9.47 Å². The lowest BCUT2D eigenvalue weighted by Gasteiger charge is -2.08. The number of thiophene rings is 2. The van der Waals surface area contributed by atoms with Crippen molar-refractivity contribution < 1.29 is 28.7 Å². The van der Waals surface area contributed by atoms with Crippen molar-refractivity contribution in [3.05, 3.63) is 61.6 Å². The number of aromatic nitrogens is 1. The van der Waals surface area contributed by atoms with Gasteiger partial charge in [-0.05, 0) is 51.0 Å². The summed E-state index contributed by atoms with van der Waals surface area (Å²) in [6, 6.07) is 4.43. The maximum Gasteiger partial charge on any atom is 0.341 e. The molecule has 3 rings (SSSR count). The second-order valence-corrected chi connectivity index (χ2v) is 9.72. The standard InChI is InChI=1S/C23H23N3O6S2/c1-10-12(3)33-20(16(10)22(29)31-5)25-18(27)14-8-7-9-15(24-14)19(28)26-21-17(23(30)32-6)11(2)13(4)34-21/h7-9H,1-6H3,(H,25,27)(H,26,28). The molecular weight excluding hydrogens is 478 g/mol. The van der Waals surface area contributed by atoms with Gasteiger partial charge >= 0.3 is 11.9 Å². The van der Waals surface area contributed by atoms with Gasteiger partial charge in [-0.3, -0.25) is 9.59 Å². The third-order valence-electron chi connectivity index (χ3n) is 5.22. The number of carbonyl (C=O) groups is 4. The van der Waals surface area contributed by atoms with Crippen LogP contribution in [-0.4, -0.2) is 43.0 Å². The topological polar surface area (TPSA) is 124 Å². The summed E-state index contributed by atoms with van der Waals surface area (Å²) in [7, 11) is 2.54. The number of carbonyl (C=O) groups excluding carboxylic acids is 4. The minimum atomic E-state index is -0.584. The van der Waals surface area contributed by atoms with E-state index in [1.807, 2.05) is 13.8 Å². The molecule has 0 aliphatic carbocycles. The molecule has 3 aromatic heterocycles. The molecular formula is C23H23N3O6S2. The van der Waals surface area contributed by atoms with E-state index < -0.39 is 23.8 Å². The van der Waals surface area contributed by atoms with Crippen LogP contribution in [0.25, 0.3) is 0 Å². The molecule has 9 nitrogen and oxygen atoms in total. The normalized spacial score (nSPS) is 10.5. The van der Waals surface area contributed by atoms with E-state index in [0.717, 1.165) is 20.9 Å². The van der Waals surface area contributed by atoms with E-state index in [-0.39, 0.29) is 22.5 Å². The number of pyridine rings is 1. The summed E-state index contributed by atoms with van der Waals surface area (Å²) < 4.78 is 9.65. The number of anilines is 2. The van der Waals surface area contributed by atoms with Crippen molar-refractivity contribution in [2.45, 2.75) is 27.7 Å². The summed E-state index contributed by atoms with van der Waals surface area (Å²) >= 11 is 2.50. The molecule has 0 aliphatic heterocycles. The highest BCUT2D eigenvalue weighted by molar-refractivity contribution is 7.17. The number of hydrogen-bond acceptors (Lipinski definition) is 9. The fraction of sp³-hybridized carbons (Fsp3) is 0.261. The van der Waals surface area contributed by atoms with E-state index in [1.54, 1.807) is 13.8 Å². The van der Waals surface area contributed by atoms with Crippen LogP contribution in [0.5, 0.6) is 0 Å². The fourth-order valence-electron chi connectivity index (χ4n) is 3.15. The number of methoxy groups -OCH3 is 2. The van der Waals surface area contributed by atoms with Crippen molar-refractivity contribution in [2.75, 3.05) is 24.9 Å².